The molecule has 0 radical (unpaired) electrons. The van der Waals surface area contributed by atoms with Crippen LogP contribution in [0.5, 0.6) is 0 Å². The van der Waals surface area contributed by atoms with Gasteiger partial charge in [-0.05, 0) is 38.0 Å². The highest BCUT2D eigenvalue weighted by molar-refractivity contribution is 5.75. The summed E-state index contributed by atoms with van der Waals surface area (Å²) in [7, 11) is 0. The van der Waals surface area contributed by atoms with Gasteiger partial charge < -0.3 is 19.5 Å². The lowest BCUT2D eigenvalue weighted by atomic mass is 10.1. The Labute approximate surface area is 148 Å². The van der Waals surface area contributed by atoms with E-state index in [1.165, 1.54) is 0 Å². The minimum Gasteiger partial charge on any atom is -0.377 e. The van der Waals surface area contributed by atoms with Gasteiger partial charge >= 0.3 is 6.03 Å². The average Bonchev–Trinajstić information content (AvgIpc) is 3.07. The Kier molecular flexibility index (Phi) is 5.38. The van der Waals surface area contributed by atoms with Crippen molar-refractivity contribution in [2.75, 3.05) is 19.8 Å². The number of aromatic nitrogens is 2. The lowest BCUT2D eigenvalue weighted by molar-refractivity contribution is 0.0108. The molecule has 134 valence electrons. The van der Waals surface area contributed by atoms with Crippen molar-refractivity contribution < 1.29 is 9.53 Å². The van der Waals surface area contributed by atoms with E-state index in [-0.39, 0.29) is 18.1 Å². The van der Waals surface area contributed by atoms with Gasteiger partial charge in [0.15, 0.2) is 0 Å². The normalized spacial score (nSPS) is 18.8. The molecule has 2 aromatic rings. The number of carbonyl (C=O) groups is 1. The van der Waals surface area contributed by atoms with Gasteiger partial charge in [0.25, 0.3) is 0 Å². The first kappa shape index (κ1) is 17.5. The van der Waals surface area contributed by atoms with E-state index < -0.39 is 0 Å². The molecule has 25 heavy (non-hydrogen) atoms. The van der Waals surface area contributed by atoms with Crippen LogP contribution in [-0.4, -0.2) is 46.3 Å². The Morgan fingerprint density at radius 3 is 2.80 bits per heavy atom. The van der Waals surface area contributed by atoms with Gasteiger partial charge in [-0.15, -0.1) is 0 Å². The number of amides is 2. The summed E-state index contributed by atoms with van der Waals surface area (Å²) >= 11 is 0. The van der Waals surface area contributed by atoms with Crippen molar-refractivity contribution in [2.24, 2.45) is 0 Å². The Hall–Kier alpha value is -2.34. The Morgan fingerprint density at radius 2 is 2.16 bits per heavy atom. The van der Waals surface area contributed by atoms with E-state index in [1.54, 1.807) is 6.20 Å². The third-order valence-electron chi connectivity index (χ3n) is 4.80. The Bertz CT molecular complexity index is 710. The summed E-state index contributed by atoms with van der Waals surface area (Å²) in [6, 6.07) is 8.30. The molecule has 2 amide bonds. The van der Waals surface area contributed by atoms with Crippen molar-refractivity contribution in [1.82, 2.24) is 19.8 Å². The van der Waals surface area contributed by atoms with Crippen LogP contribution in [0, 0.1) is 6.92 Å². The zero-order valence-electron chi connectivity index (χ0n) is 15.1. The van der Waals surface area contributed by atoms with Gasteiger partial charge in [-0.2, -0.15) is 0 Å². The largest absolute Gasteiger partial charge is 0.377 e. The molecular weight excluding hydrogens is 316 g/mol. The first-order chi connectivity index (χ1) is 12.1. The van der Waals surface area contributed by atoms with Crippen molar-refractivity contribution >= 4 is 6.03 Å². The number of ether oxygens (including phenoxy) is 1. The van der Waals surface area contributed by atoms with Crippen LogP contribution in [0.2, 0.25) is 0 Å². The third-order valence-corrected chi connectivity index (χ3v) is 4.80. The van der Waals surface area contributed by atoms with Crippen LogP contribution in [0.3, 0.4) is 0 Å². The summed E-state index contributed by atoms with van der Waals surface area (Å²) in [5.41, 5.74) is 2.15. The van der Waals surface area contributed by atoms with Gasteiger partial charge in [0.2, 0.25) is 0 Å². The number of rotatable bonds is 4. The average molecular weight is 342 g/mol. The van der Waals surface area contributed by atoms with E-state index in [9.17, 15) is 4.79 Å². The van der Waals surface area contributed by atoms with Crippen LogP contribution in [0.4, 0.5) is 4.79 Å². The summed E-state index contributed by atoms with van der Waals surface area (Å²) in [6.45, 7) is 7.95. The number of nitrogens with one attached hydrogen (secondary N) is 1. The molecule has 0 bridgehead atoms. The minimum atomic E-state index is -0.0502. The number of aryl methyl sites for hydroxylation is 1. The fourth-order valence-electron chi connectivity index (χ4n) is 3.19. The molecule has 1 aromatic carbocycles. The minimum absolute atomic E-state index is 0.0165. The second kappa shape index (κ2) is 7.70. The van der Waals surface area contributed by atoms with Crippen LogP contribution in [0.25, 0.3) is 5.69 Å². The van der Waals surface area contributed by atoms with E-state index in [4.69, 9.17) is 4.74 Å². The lowest BCUT2D eigenvalue weighted by Crippen LogP contribution is -2.52. The molecular formula is C19H26N4O2. The number of nitrogens with zero attached hydrogens (tertiary/aromatic N) is 3. The van der Waals surface area contributed by atoms with Crippen molar-refractivity contribution in [3.8, 4) is 5.69 Å². The van der Waals surface area contributed by atoms with Crippen LogP contribution in [0.1, 0.15) is 37.7 Å². The van der Waals surface area contributed by atoms with Crippen molar-refractivity contribution in [3.63, 3.8) is 0 Å². The zero-order valence-corrected chi connectivity index (χ0v) is 15.1. The summed E-state index contributed by atoms with van der Waals surface area (Å²) in [5.74, 6) is 0.951. The van der Waals surface area contributed by atoms with Crippen LogP contribution in [0.15, 0.2) is 36.7 Å². The maximum absolute atomic E-state index is 12.6. The monoisotopic (exact) mass is 342 g/mol. The van der Waals surface area contributed by atoms with E-state index in [0.717, 1.165) is 23.5 Å². The molecule has 3 rings (SSSR count). The number of carbonyl (C=O) groups excluding carboxylic acids is 1. The Morgan fingerprint density at radius 1 is 1.40 bits per heavy atom. The second-order valence-corrected chi connectivity index (χ2v) is 6.44. The van der Waals surface area contributed by atoms with E-state index in [1.807, 2.05) is 29.5 Å². The molecule has 0 spiro atoms. The first-order valence-electron chi connectivity index (χ1n) is 8.85. The van der Waals surface area contributed by atoms with Crippen LogP contribution < -0.4 is 5.32 Å². The molecule has 6 nitrogen and oxygen atoms in total. The highest BCUT2D eigenvalue weighted by Gasteiger charge is 2.26. The number of urea groups is 1. The van der Waals surface area contributed by atoms with E-state index >= 15 is 0 Å². The van der Waals surface area contributed by atoms with Crippen LogP contribution in [-0.2, 0) is 4.74 Å². The molecule has 1 aliphatic heterocycles. The van der Waals surface area contributed by atoms with E-state index in [2.05, 4.69) is 41.5 Å². The fourth-order valence-corrected chi connectivity index (χ4v) is 3.19. The van der Waals surface area contributed by atoms with Crippen molar-refractivity contribution in [3.05, 3.63) is 48.0 Å². The number of morpholine rings is 1. The molecule has 2 heterocycles. The molecule has 1 aliphatic rings. The van der Waals surface area contributed by atoms with Gasteiger partial charge in [-0.1, -0.05) is 19.1 Å². The second-order valence-electron chi connectivity index (χ2n) is 6.44. The third kappa shape index (κ3) is 3.85. The predicted octanol–water partition coefficient (Wildman–Crippen LogP) is 3.06. The fraction of sp³-hybridized carbons (Fsp3) is 0.474. The lowest BCUT2D eigenvalue weighted by Gasteiger charge is -2.35. The molecule has 0 aliphatic carbocycles. The molecule has 0 saturated carbocycles. The summed E-state index contributed by atoms with van der Waals surface area (Å²) in [6.07, 6.45) is 4.64. The Balaban J connectivity index is 1.65. The molecule has 1 fully saturated rings. The quantitative estimate of drug-likeness (QED) is 0.929. The van der Waals surface area contributed by atoms with Gasteiger partial charge in [-0.25, -0.2) is 9.78 Å². The van der Waals surface area contributed by atoms with Crippen molar-refractivity contribution in [1.29, 1.82) is 0 Å². The van der Waals surface area contributed by atoms with Gasteiger partial charge in [0, 0.05) is 24.6 Å². The number of hydrogen-bond donors (Lipinski definition) is 1. The standard InChI is InChI=1S/C19H26N4O2/c1-4-17-13-25-12-11-23(17)19(24)21-14(2)16-5-7-18(8-6-16)22-10-9-20-15(22)3/h5-10,14,17H,4,11-13H2,1-3H3,(H,21,24)/t14-,17-/m1/s1. The predicted molar refractivity (Wildman–Crippen MR) is 96.9 cm³/mol. The molecule has 1 aromatic heterocycles. The van der Waals surface area contributed by atoms with Crippen LogP contribution >= 0.6 is 0 Å². The van der Waals surface area contributed by atoms with Gasteiger partial charge in [-0.3, -0.25) is 0 Å². The summed E-state index contributed by atoms with van der Waals surface area (Å²) in [5, 5.41) is 3.11. The SMILES string of the molecule is CC[C@@H]1COCCN1C(=O)N[C@H](C)c1ccc(-n2ccnc2C)cc1. The molecule has 0 unspecified atom stereocenters. The van der Waals surface area contributed by atoms with Gasteiger partial charge in [0.05, 0.1) is 25.3 Å². The maximum atomic E-state index is 12.6. The van der Waals surface area contributed by atoms with E-state index in [0.29, 0.717) is 19.8 Å². The molecule has 6 heteroatoms. The summed E-state index contributed by atoms with van der Waals surface area (Å²) in [4.78, 5) is 18.7. The van der Waals surface area contributed by atoms with Crippen molar-refractivity contribution in [2.45, 2.75) is 39.3 Å². The number of imidazole rings is 1. The first-order valence-corrected chi connectivity index (χ1v) is 8.85. The maximum Gasteiger partial charge on any atom is 0.318 e. The molecule has 1 saturated heterocycles. The number of hydrogen-bond acceptors (Lipinski definition) is 3. The highest BCUT2D eigenvalue weighted by Crippen LogP contribution is 2.18. The number of benzene rings is 1. The zero-order chi connectivity index (χ0) is 17.8. The molecule has 2 atom stereocenters. The highest BCUT2D eigenvalue weighted by atomic mass is 16.5. The topological polar surface area (TPSA) is 59.4 Å². The van der Waals surface area contributed by atoms with Gasteiger partial charge in [0.1, 0.15) is 5.82 Å². The molecule has 1 N–H and O–H groups in total. The summed E-state index contributed by atoms with van der Waals surface area (Å²) < 4.78 is 7.51. The smallest absolute Gasteiger partial charge is 0.318 e.